The van der Waals surface area contributed by atoms with Crippen molar-refractivity contribution in [1.29, 1.82) is 0 Å². The van der Waals surface area contributed by atoms with Gasteiger partial charge in [-0.3, -0.25) is 9.59 Å². The number of carbonyl (C=O) groups is 2. The van der Waals surface area contributed by atoms with Crippen molar-refractivity contribution < 1.29 is 9.59 Å². The minimum Gasteiger partial charge on any atom is -0.354 e. The molecule has 84 valence electrons. The molecule has 5 heteroatoms. The smallest absolute Gasteiger partial charge is 0.224 e. The highest BCUT2D eigenvalue weighted by Crippen LogP contribution is 2.24. The average Bonchev–Trinajstić information content (AvgIpc) is 2.75. The van der Waals surface area contributed by atoms with Gasteiger partial charge in [-0.25, -0.2) is 0 Å². The van der Waals surface area contributed by atoms with Gasteiger partial charge in [0.15, 0.2) is 0 Å². The summed E-state index contributed by atoms with van der Waals surface area (Å²) in [6.45, 7) is 0.548. The van der Waals surface area contributed by atoms with Crippen molar-refractivity contribution in [1.82, 2.24) is 10.6 Å². The van der Waals surface area contributed by atoms with Crippen LogP contribution >= 0.6 is 0 Å². The van der Waals surface area contributed by atoms with Gasteiger partial charge in [0.2, 0.25) is 11.8 Å². The molecule has 0 aromatic heterocycles. The first-order valence-corrected chi connectivity index (χ1v) is 5.49. The van der Waals surface area contributed by atoms with E-state index in [1.54, 1.807) is 0 Å². The predicted molar refractivity (Wildman–Crippen MR) is 54.9 cm³/mol. The van der Waals surface area contributed by atoms with Crippen molar-refractivity contribution in [2.24, 2.45) is 11.7 Å². The van der Waals surface area contributed by atoms with Crippen LogP contribution in [0.4, 0.5) is 0 Å². The van der Waals surface area contributed by atoms with Crippen molar-refractivity contribution in [3.8, 4) is 0 Å². The van der Waals surface area contributed by atoms with E-state index in [1.165, 1.54) is 0 Å². The van der Waals surface area contributed by atoms with Gasteiger partial charge in [-0.2, -0.15) is 0 Å². The number of hydrogen-bond acceptors (Lipinski definition) is 3. The molecule has 1 heterocycles. The minimum atomic E-state index is -0.0549. The zero-order chi connectivity index (χ0) is 10.8. The molecule has 1 saturated carbocycles. The maximum Gasteiger partial charge on any atom is 0.224 e. The first-order valence-electron chi connectivity index (χ1n) is 5.49. The number of rotatable bonds is 2. The molecule has 2 rings (SSSR count). The van der Waals surface area contributed by atoms with E-state index in [4.69, 9.17) is 5.73 Å². The summed E-state index contributed by atoms with van der Waals surface area (Å²) >= 11 is 0. The molecule has 5 nitrogen and oxygen atoms in total. The summed E-state index contributed by atoms with van der Waals surface area (Å²) in [6, 6.07) is -0.0483. The van der Waals surface area contributed by atoms with Crippen LogP contribution in [-0.4, -0.2) is 30.4 Å². The quantitative estimate of drug-likeness (QED) is 0.554. The number of nitrogens with two attached hydrogens (primary N) is 1. The van der Waals surface area contributed by atoms with E-state index in [-0.39, 0.29) is 29.8 Å². The van der Waals surface area contributed by atoms with Crippen LogP contribution in [0.15, 0.2) is 0 Å². The zero-order valence-corrected chi connectivity index (χ0v) is 8.66. The van der Waals surface area contributed by atoms with Crippen LogP contribution in [0.2, 0.25) is 0 Å². The Bertz CT molecular complexity index is 280. The van der Waals surface area contributed by atoms with Crippen molar-refractivity contribution in [2.45, 2.75) is 37.8 Å². The third-order valence-corrected chi connectivity index (χ3v) is 3.23. The van der Waals surface area contributed by atoms with E-state index in [0.29, 0.717) is 13.0 Å². The largest absolute Gasteiger partial charge is 0.354 e. The molecule has 4 N–H and O–H groups in total. The van der Waals surface area contributed by atoms with Crippen LogP contribution in [0, 0.1) is 5.92 Å². The van der Waals surface area contributed by atoms with E-state index in [9.17, 15) is 9.59 Å². The molecule has 1 aliphatic carbocycles. The van der Waals surface area contributed by atoms with Gasteiger partial charge < -0.3 is 16.4 Å². The van der Waals surface area contributed by atoms with Crippen molar-refractivity contribution in [3.05, 3.63) is 0 Å². The Labute approximate surface area is 88.8 Å². The topological polar surface area (TPSA) is 84.2 Å². The summed E-state index contributed by atoms with van der Waals surface area (Å²) in [7, 11) is 0. The third-order valence-electron chi connectivity index (χ3n) is 3.23. The lowest BCUT2D eigenvalue weighted by atomic mass is 10.0. The molecule has 2 fully saturated rings. The normalized spacial score (nSPS) is 35.3. The molecule has 2 aliphatic rings. The highest BCUT2D eigenvalue weighted by molar-refractivity contribution is 5.83. The Morgan fingerprint density at radius 1 is 1.47 bits per heavy atom. The number of amides is 2. The number of hydrogen-bond donors (Lipinski definition) is 3. The maximum absolute atomic E-state index is 11.8. The summed E-state index contributed by atoms with van der Waals surface area (Å²) in [5.74, 6) is -0.0294. The van der Waals surface area contributed by atoms with Crippen LogP contribution in [-0.2, 0) is 9.59 Å². The van der Waals surface area contributed by atoms with Gasteiger partial charge in [-0.15, -0.1) is 0 Å². The predicted octanol–water partition coefficient (Wildman–Crippen LogP) is -0.881. The van der Waals surface area contributed by atoms with Gasteiger partial charge in [0.05, 0.1) is 12.0 Å². The molecule has 0 aromatic carbocycles. The molecule has 3 atom stereocenters. The van der Waals surface area contributed by atoms with E-state index < -0.39 is 0 Å². The second-order valence-corrected chi connectivity index (χ2v) is 4.41. The summed E-state index contributed by atoms with van der Waals surface area (Å²) in [5, 5.41) is 5.57. The SMILES string of the molecule is NC1CCCC1C(=O)NC1CNC(=O)C1. The fourth-order valence-corrected chi connectivity index (χ4v) is 2.33. The molecule has 2 amide bonds. The lowest BCUT2D eigenvalue weighted by Crippen LogP contribution is -2.44. The number of carbonyl (C=O) groups excluding carboxylic acids is 2. The van der Waals surface area contributed by atoms with Gasteiger partial charge in [0.25, 0.3) is 0 Å². The lowest BCUT2D eigenvalue weighted by Gasteiger charge is -2.17. The summed E-state index contributed by atoms with van der Waals surface area (Å²) in [5.41, 5.74) is 5.84. The molecular formula is C10H17N3O2. The minimum absolute atomic E-state index is 0.00457. The first-order chi connectivity index (χ1) is 7.16. The fraction of sp³-hybridized carbons (Fsp3) is 0.800. The van der Waals surface area contributed by atoms with Crippen LogP contribution in [0.1, 0.15) is 25.7 Å². The monoisotopic (exact) mass is 211 g/mol. The van der Waals surface area contributed by atoms with Crippen LogP contribution in [0.25, 0.3) is 0 Å². The van der Waals surface area contributed by atoms with Crippen molar-refractivity contribution >= 4 is 11.8 Å². The Morgan fingerprint density at radius 3 is 2.80 bits per heavy atom. The summed E-state index contributed by atoms with van der Waals surface area (Å²) in [6.07, 6.45) is 3.23. The standard InChI is InChI=1S/C10H17N3O2/c11-8-3-1-2-7(8)10(15)13-6-4-9(14)12-5-6/h6-8H,1-5,11H2,(H,12,14)(H,13,15). The zero-order valence-electron chi connectivity index (χ0n) is 8.66. The Kier molecular flexibility index (Phi) is 2.90. The summed E-state index contributed by atoms with van der Waals surface area (Å²) in [4.78, 5) is 22.7. The Hall–Kier alpha value is -1.10. The van der Waals surface area contributed by atoms with Gasteiger partial charge in [0.1, 0.15) is 0 Å². The highest BCUT2D eigenvalue weighted by Gasteiger charge is 2.32. The molecular weight excluding hydrogens is 194 g/mol. The number of nitrogens with one attached hydrogen (secondary N) is 2. The Morgan fingerprint density at radius 2 is 2.27 bits per heavy atom. The van der Waals surface area contributed by atoms with Gasteiger partial charge in [-0.1, -0.05) is 6.42 Å². The van der Waals surface area contributed by atoms with E-state index in [1.807, 2.05) is 0 Å². The molecule has 1 saturated heterocycles. The van der Waals surface area contributed by atoms with E-state index in [0.717, 1.165) is 19.3 Å². The molecule has 0 aromatic rings. The van der Waals surface area contributed by atoms with Crippen LogP contribution in [0.3, 0.4) is 0 Å². The average molecular weight is 211 g/mol. The molecule has 3 unspecified atom stereocenters. The molecule has 0 radical (unpaired) electrons. The second-order valence-electron chi connectivity index (χ2n) is 4.41. The maximum atomic E-state index is 11.8. The van der Waals surface area contributed by atoms with Crippen LogP contribution in [0.5, 0.6) is 0 Å². The van der Waals surface area contributed by atoms with Gasteiger partial charge >= 0.3 is 0 Å². The van der Waals surface area contributed by atoms with Gasteiger partial charge in [0, 0.05) is 19.0 Å². The van der Waals surface area contributed by atoms with E-state index in [2.05, 4.69) is 10.6 Å². The fourth-order valence-electron chi connectivity index (χ4n) is 2.33. The van der Waals surface area contributed by atoms with Crippen molar-refractivity contribution in [2.75, 3.05) is 6.54 Å². The Balaban J connectivity index is 1.84. The van der Waals surface area contributed by atoms with Crippen LogP contribution < -0.4 is 16.4 Å². The highest BCUT2D eigenvalue weighted by atomic mass is 16.2. The summed E-state index contributed by atoms with van der Waals surface area (Å²) < 4.78 is 0. The molecule has 0 spiro atoms. The lowest BCUT2D eigenvalue weighted by molar-refractivity contribution is -0.125. The second kappa shape index (κ2) is 4.18. The first kappa shape index (κ1) is 10.4. The molecule has 15 heavy (non-hydrogen) atoms. The van der Waals surface area contributed by atoms with Crippen molar-refractivity contribution in [3.63, 3.8) is 0 Å². The van der Waals surface area contributed by atoms with Gasteiger partial charge in [-0.05, 0) is 12.8 Å². The third kappa shape index (κ3) is 2.28. The van der Waals surface area contributed by atoms with E-state index >= 15 is 0 Å². The molecule has 0 bridgehead atoms. The molecule has 1 aliphatic heterocycles.